The van der Waals surface area contributed by atoms with E-state index in [1.807, 2.05) is 6.92 Å². The zero-order valence-corrected chi connectivity index (χ0v) is 19.0. The van der Waals surface area contributed by atoms with E-state index in [0.717, 1.165) is 6.07 Å². The van der Waals surface area contributed by atoms with Gasteiger partial charge >= 0.3 is 12.1 Å². The van der Waals surface area contributed by atoms with Crippen molar-refractivity contribution >= 4 is 31.1 Å². The van der Waals surface area contributed by atoms with E-state index in [-0.39, 0.29) is 43.8 Å². The number of aryl methyl sites for hydroxylation is 1. The topological polar surface area (TPSA) is 64.4 Å². The molecule has 2 heterocycles. The Kier molecular flexibility index (Phi) is 6.85. The Morgan fingerprint density at radius 2 is 1.90 bits per heavy atom. The lowest BCUT2D eigenvalue weighted by atomic mass is 10.0. The summed E-state index contributed by atoms with van der Waals surface area (Å²) in [5.74, 6) is -0.899. The van der Waals surface area contributed by atoms with Gasteiger partial charge < -0.3 is 9.64 Å². The second-order valence-electron chi connectivity index (χ2n) is 8.49. The molecule has 10 heteroatoms. The van der Waals surface area contributed by atoms with Crippen LogP contribution in [-0.4, -0.2) is 33.8 Å². The highest BCUT2D eigenvalue weighted by atomic mass is 32.1. The number of hydrogen-bond acceptors (Lipinski definition) is 4. The number of alkyl halides is 3. The lowest BCUT2D eigenvalue weighted by molar-refractivity contribution is -0.154. The van der Waals surface area contributed by atoms with Crippen LogP contribution < -0.4 is 4.90 Å². The maximum absolute atomic E-state index is 13.2. The van der Waals surface area contributed by atoms with Crippen molar-refractivity contribution in [2.45, 2.75) is 58.9 Å². The van der Waals surface area contributed by atoms with Crippen LogP contribution in [0, 0.1) is 6.92 Å². The van der Waals surface area contributed by atoms with Gasteiger partial charge in [0.05, 0.1) is 24.2 Å². The Bertz CT molecular complexity index is 996. The summed E-state index contributed by atoms with van der Waals surface area (Å²) in [5.41, 5.74) is -0.321. The molecule has 1 aromatic heterocycles. The van der Waals surface area contributed by atoms with Crippen LogP contribution in [0.4, 0.5) is 18.9 Å². The van der Waals surface area contributed by atoms with Crippen LogP contribution in [0.3, 0.4) is 0 Å². The Labute approximate surface area is 185 Å². The summed E-state index contributed by atoms with van der Waals surface area (Å²) < 4.78 is 46.1. The zero-order valence-electron chi connectivity index (χ0n) is 18.0. The van der Waals surface area contributed by atoms with Crippen molar-refractivity contribution < 1.29 is 27.5 Å². The molecule has 6 nitrogen and oxygen atoms in total. The van der Waals surface area contributed by atoms with Gasteiger partial charge in [0.15, 0.2) is 0 Å². The molecule has 31 heavy (non-hydrogen) atoms. The highest BCUT2D eigenvalue weighted by molar-refractivity contribution is 7.59. The molecule has 0 N–H and O–H groups in total. The highest BCUT2D eigenvalue weighted by Crippen LogP contribution is 2.35. The van der Waals surface area contributed by atoms with Crippen molar-refractivity contribution in [1.82, 2.24) is 9.78 Å². The summed E-state index contributed by atoms with van der Waals surface area (Å²) in [5, 5.41) is 4.24. The predicted octanol–water partition coefficient (Wildman–Crippen LogP) is 4.43. The normalized spacial score (nSPS) is 16.6. The first kappa shape index (κ1) is 24.8. The molecule has 1 aliphatic heterocycles. The van der Waals surface area contributed by atoms with Crippen LogP contribution in [0.5, 0.6) is 0 Å². The third-order valence-electron chi connectivity index (χ3n) is 4.77. The summed E-state index contributed by atoms with van der Waals surface area (Å²) >= 11 is 0. The van der Waals surface area contributed by atoms with Crippen LogP contribution in [0.1, 0.15) is 60.9 Å². The van der Waals surface area contributed by atoms with Crippen LogP contribution in [0.15, 0.2) is 24.4 Å². The fourth-order valence-corrected chi connectivity index (χ4v) is 3.54. The van der Waals surface area contributed by atoms with Crippen LogP contribution in [0.25, 0.3) is 0 Å². The third-order valence-corrected chi connectivity index (χ3v) is 4.77. The molecule has 0 unspecified atom stereocenters. The van der Waals surface area contributed by atoms with E-state index in [4.69, 9.17) is 4.74 Å². The van der Waals surface area contributed by atoms with Gasteiger partial charge in [-0.2, -0.15) is 31.8 Å². The Morgan fingerprint density at radius 3 is 2.45 bits per heavy atom. The van der Waals surface area contributed by atoms with Gasteiger partial charge in [0.25, 0.3) is 5.91 Å². The SMILES string of the molecule is Cc1cc(N2C[C@H](C)n3ncc(CC(=O)OC(C)(C)C)c3C2=O)ccc1C(F)(F)F.S. The molecule has 170 valence electrons. The molecular formula is C21H26F3N3O3S. The molecule has 2 aromatic rings. The van der Waals surface area contributed by atoms with Crippen molar-refractivity contribution in [3.05, 3.63) is 46.8 Å². The number of benzene rings is 1. The molecule has 1 amide bonds. The molecule has 1 aliphatic rings. The number of anilines is 1. The molecule has 1 atom stereocenters. The van der Waals surface area contributed by atoms with Gasteiger partial charge in [-0.05, 0) is 58.4 Å². The van der Waals surface area contributed by atoms with Crippen molar-refractivity contribution in [2.75, 3.05) is 11.4 Å². The number of nitrogens with zero attached hydrogens (tertiary/aromatic N) is 3. The first-order valence-corrected chi connectivity index (χ1v) is 9.56. The average molecular weight is 458 g/mol. The molecule has 0 aliphatic carbocycles. The number of esters is 1. The van der Waals surface area contributed by atoms with E-state index >= 15 is 0 Å². The summed E-state index contributed by atoms with van der Waals surface area (Å²) in [7, 11) is 0. The smallest absolute Gasteiger partial charge is 0.416 e. The summed E-state index contributed by atoms with van der Waals surface area (Å²) in [4.78, 5) is 26.9. The largest absolute Gasteiger partial charge is 0.460 e. The Hall–Kier alpha value is -2.49. The van der Waals surface area contributed by atoms with Gasteiger partial charge in [0.1, 0.15) is 11.3 Å². The number of amides is 1. The molecule has 0 saturated heterocycles. The van der Waals surface area contributed by atoms with Crippen molar-refractivity contribution in [2.24, 2.45) is 0 Å². The molecule has 0 saturated carbocycles. The van der Waals surface area contributed by atoms with Crippen molar-refractivity contribution in [3.8, 4) is 0 Å². The van der Waals surface area contributed by atoms with Crippen LogP contribution >= 0.6 is 13.5 Å². The minimum absolute atomic E-state index is 0. The van der Waals surface area contributed by atoms with E-state index in [1.54, 1.807) is 25.5 Å². The third kappa shape index (κ3) is 5.23. The van der Waals surface area contributed by atoms with E-state index < -0.39 is 29.2 Å². The number of halogens is 3. The number of hydrogen-bond donors (Lipinski definition) is 0. The van der Waals surface area contributed by atoms with Crippen molar-refractivity contribution in [3.63, 3.8) is 0 Å². The second kappa shape index (κ2) is 8.57. The maximum atomic E-state index is 13.2. The Morgan fingerprint density at radius 1 is 1.26 bits per heavy atom. The number of ether oxygens (including phenoxy) is 1. The standard InChI is InChI=1S/C21H24F3N3O3.H2S/c1-12-8-15(6-7-16(12)21(22,23)24)26-11-13(2)27-18(19(26)29)14(10-25-27)9-17(28)30-20(3,4)5;/h6-8,10,13H,9,11H2,1-5H3;1H2/t13-;/m0./s1. The quantitative estimate of drug-likeness (QED) is 0.640. The van der Waals surface area contributed by atoms with Crippen LogP contribution in [-0.2, 0) is 22.1 Å². The molecule has 1 aromatic carbocycles. The van der Waals surface area contributed by atoms with E-state index in [0.29, 0.717) is 11.3 Å². The minimum atomic E-state index is -4.46. The van der Waals surface area contributed by atoms with E-state index in [9.17, 15) is 22.8 Å². The number of carbonyl (C=O) groups excluding carboxylic acids is 2. The summed E-state index contributed by atoms with van der Waals surface area (Å²) in [6, 6.07) is 3.41. The summed E-state index contributed by atoms with van der Waals surface area (Å²) in [6.07, 6.45) is -3.11. The van der Waals surface area contributed by atoms with Gasteiger partial charge in [-0.1, -0.05) is 0 Å². The van der Waals surface area contributed by atoms with Gasteiger partial charge in [-0.3, -0.25) is 14.3 Å². The summed E-state index contributed by atoms with van der Waals surface area (Å²) in [6.45, 7) is 8.72. The molecular weight excluding hydrogens is 431 g/mol. The first-order chi connectivity index (χ1) is 13.8. The molecule has 0 fully saturated rings. The number of aromatic nitrogens is 2. The predicted molar refractivity (Wildman–Crippen MR) is 115 cm³/mol. The lowest BCUT2D eigenvalue weighted by Gasteiger charge is -2.33. The van der Waals surface area contributed by atoms with Crippen LogP contribution in [0.2, 0.25) is 0 Å². The second-order valence-corrected chi connectivity index (χ2v) is 8.49. The molecule has 0 spiro atoms. The number of fused-ring (bicyclic) bond motifs is 1. The van der Waals surface area contributed by atoms with Gasteiger partial charge in [-0.15, -0.1) is 0 Å². The number of rotatable bonds is 3. The molecule has 0 bridgehead atoms. The van der Waals surface area contributed by atoms with Gasteiger partial charge in [-0.25, -0.2) is 0 Å². The highest BCUT2D eigenvalue weighted by Gasteiger charge is 2.36. The fourth-order valence-electron chi connectivity index (χ4n) is 3.54. The first-order valence-electron chi connectivity index (χ1n) is 9.56. The van der Waals surface area contributed by atoms with Crippen molar-refractivity contribution in [1.29, 1.82) is 0 Å². The molecule has 0 radical (unpaired) electrons. The van der Waals surface area contributed by atoms with Gasteiger partial charge in [0.2, 0.25) is 0 Å². The average Bonchev–Trinajstić information content (AvgIpc) is 2.99. The lowest BCUT2D eigenvalue weighted by Crippen LogP contribution is -2.43. The van der Waals surface area contributed by atoms with Gasteiger partial charge in [0, 0.05) is 17.8 Å². The fraction of sp³-hybridized carbons (Fsp3) is 0.476. The maximum Gasteiger partial charge on any atom is 0.416 e. The monoisotopic (exact) mass is 457 g/mol. The van der Waals surface area contributed by atoms with E-state index in [1.165, 1.54) is 30.2 Å². The Balaban J connectivity index is 0.00000341. The molecule has 3 rings (SSSR count). The zero-order chi connectivity index (χ0) is 22.4. The number of carbonyl (C=O) groups is 2. The van der Waals surface area contributed by atoms with E-state index in [2.05, 4.69) is 5.10 Å². The minimum Gasteiger partial charge on any atom is -0.460 e.